The number of carbonyl (C=O) groups is 1. The Morgan fingerprint density at radius 3 is 2.79 bits per heavy atom. The first kappa shape index (κ1) is 10.7. The molecule has 76 valence electrons. The number of halogens is 1. The van der Waals surface area contributed by atoms with Crippen molar-refractivity contribution in [1.82, 2.24) is 0 Å². The molecule has 0 heterocycles. The molecule has 1 atom stereocenters. The van der Waals surface area contributed by atoms with Crippen molar-refractivity contribution in [2.24, 2.45) is 5.73 Å². The van der Waals surface area contributed by atoms with E-state index in [1.807, 2.05) is 0 Å². The van der Waals surface area contributed by atoms with E-state index in [1.165, 1.54) is 19.2 Å². The fourth-order valence-corrected chi connectivity index (χ4v) is 1.22. The zero-order chi connectivity index (χ0) is 10.7. The van der Waals surface area contributed by atoms with E-state index in [0.717, 1.165) is 0 Å². The first-order valence-electron chi connectivity index (χ1n) is 4.16. The minimum atomic E-state index is -0.921. The van der Waals surface area contributed by atoms with E-state index in [2.05, 4.69) is 4.74 Å². The standard InChI is InChI=1S/C10H12FNO2/c1-6-7(4-3-5-8(6)11)9(12)10(13)14-2/h3-5,9H,12H2,1-2H3. The van der Waals surface area contributed by atoms with Gasteiger partial charge >= 0.3 is 5.97 Å². The number of carbonyl (C=O) groups excluding carboxylic acids is 1. The van der Waals surface area contributed by atoms with Crippen LogP contribution in [0, 0.1) is 12.7 Å². The topological polar surface area (TPSA) is 52.3 Å². The lowest BCUT2D eigenvalue weighted by Gasteiger charge is -2.12. The molecule has 0 spiro atoms. The summed E-state index contributed by atoms with van der Waals surface area (Å²) < 4.78 is 17.6. The van der Waals surface area contributed by atoms with Crippen LogP contribution in [0.15, 0.2) is 18.2 Å². The van der Waals surface area contributed by atoms with Crippen LogP contribution in [0.5, 0.6) is 0 Å². The number of methoxy groups -OCH3 is 1. The zero-order valence-corrected chi connectivity index (χ0v) is 8.08. The summed E-state index contributed by atoms with van der Waals surface area (Å²) in [7, 11) is 1.25. The molecule has 1 aromatic rings. The van der Waals surface area contributed by atoms with Crippen LogP contribution in [0.1, 0.15) is 17.2 Å². The Morgan fingerprint density at radius 2 is 2.21 bits per heavy atom. The van der Waals surface area contributed by atoms with Crippen LogP contribution in [0.3, 0.4) is 0 Å². The molecule has 1 unspecified atom stereocenters. The van der Waals surface area contributed by atoms with Gasteiger partial charge in [-0.25, -0.2) is 4.39 Å². The van der Waals surface area contributed by atoms with Crippen LogP contribution in [0.4, 0.5) is 4.39 Å². The quantitative estimate of drug-likeness (QED) is 0.727. The third kappa shape index (κ3) is 1.90. The molecule has 0 fully saturated rings. The summed E-state index contributed by atoms with van der Waals surface area (Å²) in [6.07, 6.45) is 0. The van der Waals surface area contributed by atoms with Crippen LogP contribution >= 0.6 is 0 Å². The molecule has 0 bridgehead atoms. The van der Waals surface area contributed by atoms with Gasteiger partial charge in [0.05, 0.1) is 7.11 Å². The summed E-state index contributed by atoms with van der Waals surface area (Å²) in [5, 5.41) is 0. The second-order valence-electron chi connectivity index (χ2n) is 2.95. The maximum absolute atomic E-state index is 13.1. The highest BCUT2D eigenvalue weighted by atomic mass is 19.1. The molecular formula is C10H12FNO2. The normalized spacial score (nSPS) is 12.3. The molecule has 2 N–H and O–H groups in total. The molecule has 3 nitrogen and oxygen atoms in total. The fourth-order valence-electron chi connectivity index (χ4n) is 1.22. The molecule has 0 aliphatic rings. The van der Waals surface area contributed by atoms with Crippen molar-refractivity contribution in [3.63, 3.8) is 0 Å². The number of ether oxygens (including phenoxy) is 1. The second kappa shape index (κ2) is 4.19. The number of rotatable bonds is 2. The number of benzene rings is 1. The molecule has 1 aromatic carbocycles. The average Bonchev–Trinajstić information content (AvgIpc) is 2.20. The van der Waals surface area contributed by atoms with Crippen molar-refractivity contribution in [2.45, 2.75) is 13.0 Å². The first-order chi connectivity index (χ1) is 6.57. The molecule has 0 saturated heterocycles. The second-order valence-corrected chi connectivity index (χ2v) is 2.95. The van der Waals surface area contributed by atoms with Gasteiger partial charge in [-0.2, -0.15) is 0 Å². The molecular weight excluding hydrogens is 185 g/mol. The van der Waals surface area contributed by atoms with E-state index in [0.29, 0.717) is 11.1 Å². The summed E-state index contributed by atoms with van der Waals surface area (Å²) in [5.41, 5.74) is 6.41. The maximum atomic E-state index is 13.1. The maximum Gasteiger partial charge on any atom is 0.327 e. The van der Waals surface area contributed by atoms with Crippen LogP contribution in [-0.2, 0) is 9.53 Å². The molecule has 1 rings (SSSR count). The van der Waals surface area contributed by atoms with Crippen LogP contribution in [0.25, 0.3) is 0 Å². The van der Waals surface area contributed by atoms with Gasteiger partial charge in [0, 0.05) is 0 Å². The van der Waals surface area contributed by atoms with Gasteiger partial charge in [0.2, 0.25) is 0 Å². The number of nitrogens with two attached hydrogens (primary N) is 1. The number of esters is 1. The molecule has 0 amide bonds. The van der Waals surface area contributed by atoms with E-state index >= 15 is 0 Å². The van der Waals surface area contributed by atoms with E-state index in [9.17, 15) is 9.18 Å². The SMILES string of the molecule is COC(=O)C(N)c1cccc(F)c1C. The summed E-state index contributed by atoms with van der Waals surface area (Å²) in [4.78, 5) is 11.1. The van der Waals surface area contributed by atoms with Gasteiger partial charge in [0.1, 0.15) is 11.9 Å². The van der Waals surface area contributed by atoms with Gasteiger partial charge in [-0.05, 0) is 24.1 Å². The average molecular weight is 197 g/mol. The lowest BCUT2D eigenvalue weighted by atomic mass is 10.0. The minimum Gasteiger partial charge on any atom is -0.468 e. The molecule has 0 aliphatic carbocycles. The van der Waals surface area contributed by atoms with Crippen molar-refractivity contribution >= 4 is 5.97 Å². The third-order valence-electron chi connectivity index (χ3n) is 2.10. The first-order valence-corrected chi connectivity index (χ1v) is 4.16. The minimum absolute atomic E-state index is 0.373. The monoisotopic (exact) mass is 197 g/mol. The zero-order valence-electron chi connectivity index (χ0n) is 8.08. The van der Waals surface area contributed by atoms with Gasteiger partial charge in [0.15, 0.2) is 0 Å². The Morgan fingerprint density at radius 1 is 1.57 bits per heavy atom. The smallest absolute Gasteiger partial charge is 0.327 e. The van der Waals surface area contributed by atoms with E-state index < -0.39 is 12.0 Å². The molecule has 0 aromatic heterocycles. The van der Waals surface area contributed by atoms with Gasteiger partial charge in [-0.3, -0.25) is 4.79 Å². The predicted octanol–water partition coefficient (Wildman–Crippen LogP) is 1.31. The van der Waals surface area contributed by atoms with Crippen LogP contribution < -0.4 is 5.73 Å². The molecule has 0 saturated carbocycles. The Bertz CT molecular complexity index is 352. The van der Waals surface area contributed by atoms with Crippen molar-refractivity contribution in [3.8, 4) is 0 Å². The fraction of sp³-hybridized carbons (Fsp3) is 0.300. The summed E-state index contributed by atoms with van der Waals surface area (Å²) in [5.74, 6) is -0.944. The van der Waals surface area contributed by atoms with Gasteiger partial charge < -0.3 is 10.5 Å². The number of hydrogen-bond acceptors (Lipinski definition) is 3. The van der Waals surface area contributed by atoms with Crippen molar-refractivity contribution in [1.29, 1.82) is 0 Å². The Balaban J connectivity index is 3.07. The summed E-state index contributed by atoms with van der Waals surface area (Å²) >= 11 is 0. The van der Waals surface area contributed by atoms with Crippen molar-refractivity contribution < 1.29 is 13.9 Å². The highest BCUT2D eigenvalue weighted by Crippen LogP contribution is 2.18. The van der Waals surface area contributed by atoms with E-state index in [1.54, 1.807) is 13.0 Å². The van der Waals surface area contributed by atoms with Crippen molar-refractivity contribution in [3.05, 3.63) is 35.1 Å². The number of hydrogen-bond donors (Lipinski definition) is 1. The van der Waals surface area contributed by atoms with Gasteiger partial charge in [-0.1, -0.05) is 12.1 Å². The molecule has 0 radical (unpaired) electrons. The molecule has 14 heavy (non-hydrogen) atoms. The molecule has 0 aliphatic heterocycles. The largest absolute Gasteiger partial charge is 0.468 e. The van der Waals surface area contributed by atoms with E-state index in [4.69, 9.17) is 5.73 Å². The third-order valence-corrected chi connectivity index (χ3v) is 2.10. The van der Waals surface area contributed by atoms with Crippen molar-refractivity contribution in [2.75, 3.05) is 7.11 Å². The van der Waals surface area contributed by atoms with Gasteiger partial charge in [-0.15, -0.1) is 0 Å². The van der Waals surface area contributed by atoms with Crippen LogP contribution in [0.2, 0.25) is 0 Å². The molecule has 4 heteroatoms. The summed E-state index contributed by atoms with van der Waals surface area (Å²) in [6.45, 7) is 1.58. The predicted molar refractivity (Wildman–Crippen MR) is 50.1 cm³/mol. The Kier molecular flexibility index (Phi) is 3.19. The lowest BCUT2D eigenvalue weighted by Crippen LogP contribution is -2.23. The Hall–Kier alpha value is -1.42. The lowest BCUT2D eigenvalue weighted by molar-refractivity contribution is -0.142. The summed E-state index contributed by atoms with van der Waals surface area (Å²) in [6, 6.07) is 3.53. The van der Waals surface area contributed by atoms with Gasteiger partial charge in [0.25, 0.3) is 0 Å². The Labute approximate surface area is 81.7 Å². The van der Waals surface area contributed by atoms with Crippen LogP contribution in [-0.4, -0.2) is 13.1 Å². The van der Waals surface area contributed by atoms with E-state index in [-0.39, 0.29) is 5.82 Å². The highest BCUT2D eigenvalue weighted by Gasteiger charge is 2.19. The highest BCUT2D eigenvalue weighted by molar-refractivity contribution is 5.77.